The van der Waals surface area contributed by atoms with E-state index in [0.29, 0.717) is 0 Å². The van der Waals surface area contributed by atoms with E-state index in [2.05, 4.69) is 121 Å². The van der Waals surface area contributed by atoms with Crippen LogP contribution in [-0.2, 0) is 10.8 Å². The topological polar surface area (TPSA) is 28.7 Å². The van der Waals surface area contributed by atoms with Crippen molar-refractivity contribution in [2.24, 2.45) is 0 Å². The molecule has 0 fully saturated rings. The zero-order valence-corrected chi connectivity index (χ0v) is 22.3. The summed E-state index contributed by atoms with van der Waals surface area (Å²) >= 11 is 0. The van der Waals surface area contributed by atoms with Gasteiger partial charge in [0.1, 0.15) is 0 Å². The Bertz CT molecular complexity index is 1570. The summed E-state index contributed by atoms with van der Waals surface area (Å²) in [5.74, 6) is 0. The zero-order valence-electron chi connectivity index (χ0n) is 22.3. The Morgan fingerprint density at radius 1 is 0.629 bits per heavy atom. The van der Waals surface area contributed by atoms with Crippen molar-refractivity contribution < 1.29 is 0 Å². The summed E-state index contributed by atoms with van der Waals surface area (Å²) in [5.41, 5.74) is 9.72. The minimum absolute atomic E-state index is 0.0837. The van der Waals surface area contributed by atoms with Crippen LogP contribution in [0.3, 0.4) is 0 Å². The average molecular weight is 461 g/mol. The maximum Gasteiger partial charge on any atom is 0.0893 e. The number of nitrogens with one attached hydrogen (secondary N) is 1. The lowest BCUT2D eigenvalue weighted by Crippen LogP contribution is -2.11. The summed E-state index contributed by atoms with van der Waals surface area (Å²) in [4.78, 5) is 8.46. The second-order valence-corrected chi connectivity index (χ2v) is 12.1. The van der Waals surface area contributed by atoms with Crippen molar-refractivity contribution in [2.75, 3.05) is 0 Å². The van der Waals surface area contributed by atoms with Crippen LogP contribution < -0.4 is 0 Å². The number of fused-ring (bicyclic) bond motifs is 2. The number of nitrogens with zero attached hydrogens (tertiary/aromatic N) is 1. The van der Waals surface area contributed by atoms with Gasteiger partial charge in [-0.3, -0.25) is 4.98 Å². The lowest BCUT2D eigenvalue weighted by atomic mass is 9.82. The highest BCUT2D eigenvalue weighted by molar-refractivity contribution is 6.12. The van der Waals surface area contributed by atoms with Gasteiger partial charge in [0.25, 0.3) is 0 Å². The van der Waals surface area contributed by atoms with E-state index in [1.54, 1.807) is 0 Å². The highest BCUT2D eigenvalue weighted by atomic mass is 14.8. The molecule has 1 N–H and O–H groups in total. The fourth-order valence-electron chi connectivity index (χ4n) is 5.02. The van der Waals surface area contributed by atoms with Crippen LogP contribution in [-0.4, -0.2) is 9.97 Å². The molecule has 0 aliphatic heterocycles. The number of aromatic amines is 1. The summed E-state index contributed by atoms with van der Waals surface area (Å²) in [5, 5.41) is 5.12. The maximum atomic E-state index is 4.73. The van der Waals surface area contributed by atoms with Crippen LogP contribution in [0.4, 0.5) is 0 Å². The van der Waals surface area contributed by atoms with E-state index < -0.39 is 0 Å². The van der Waals surface area contributed by atoms with Gasteiger partial charge in [-0.25, -0.2) is 0 Å². The SMILES string of the molecule is Cc1cnc(-c2ccc(-c3c4ccc(C(C)(C)C)cc4cc4ccc(C(C)(C)C)cc34)[nH]2)c(C)c1. The fraction of sp³-hybridized carbons (Fsp3) is 0.303. The van der Waals surface area contributed by atoms with Gasteiger partial charge in [0.05, 0.1) is 11.4 Å². The quantitative estimate of drug-likeness (QED) is 0.261. The van der Waals surface area contributed by atoms with Crippen LogP contribution in [0.2, 0.25) is 0 Å². The molecule has 2 nitrogen and oxygen atoms in total. The van der Waals surface area contributed by atoms with Crippen LogP contribution in [0.1, 0.15) is 63.8 Å². The Morgan fingerprint density at radius 3 is 1.97 bits per heavy atom. The smallest absolute Gasteiger partial charge is 0.0893 e. The number of pyridine rings is 1. The van der Waals surface area contributed by atoms with Crippen molar-refractivity contribution in [2.45, 2.75) is 66.2 Å². The molecule has 0 atom stereocenters. The monoisotopic (exact) mass is 460 g/mol. The molecule has 0 spiro atoms. The molecule has 0 bridgehead atoms. The molecule has 2 heteroatoms. The van der Waals surface area contributed by atoms with Crippen molar-refractivity contribution in [1.29, 1.82) is 0 Å². The molecule has 178 valence electrons. The Kier molecular flexibility index (Phi) is 5.40. The van der Waals surface area contributed by atoms with Crippen LogP contribution in [0.5, 0.6) is 0 Å². The molecular weight excluding hydrogens is 424 g/mol. The highest BCUT2D eigenvalue weighted by Gasteiger charge is 2.20. The van der Waals surface area contributed by atoms with Crippen molar-refractivity contribution in [3.63, 3.8) is 0 Å². The first-order valence-electron chi connectivity index (χ1n) is 12.6. The lowest BCUT2D eigenvalue weighted by Gasteiger charge is -2.22. The van der Waals surface area contributed by atoms with E-state index >= 15 is 0 Å². The summed E-state index contributed by atoms with van der Waals surface area (Å²) < 4.78 is 0. The van der Waals surface area contributed by atoms with E-state index in [0.717, 1.165) is 17.1 Å². The Morgan fingerprint density at radius 2 is 1.29 bits per heavy atom. The number of H-pyrrole nitrogens is 1. The molecule has 35 heavy (non-hydrogen) atoms. The van der Waals surface area contributed by atoms with E-state index in [9.17, 15) is 0 Å². The van der Waals surface area contributed by atoms with Crippen LogP contribution in [0.25, 0.3) is 44.2 Å². The average Bonchev–Trinajstić information content (AvgIpc) is 3.24. The third kappa shape index (κ3) is 4.27. The van der Waals surface area contributed by atoms with Crippen molar-refractivity contribution in [1.82, 2.24) is 9.97 Å². The standard InChI is InChI=1S/C33H36N2/c1-20-15-21(2)31(34-19-20)29-14-13-28(35-29)30-26-12-11-24(32(3,4)5)17-23(26)16-22-9-10-25(18-27(22)30)33(6,7)8/h9-19,35H,1-8H3. The molecule has 5 rings (SSSR count). The van der Waals surface area contributed by atoms with Gasteiger partial charge in [0.15, 0.2) is 0 Å². The molecule has 0 aliphatic carbocycles. The zero-order chi connectivity index (χ0) is 25.1. The molecule has 0 amide bonds. The summed E-state index contributed by atoms with van der Waals surface area (Å²) in [7, 11) is 0. The Labute approximate surface area is 209 Å². The number of rotatable bonds is 2. The summed E-state index contributed by atoms with van der Waals surface area (Å²) in [6.45, 7) is 17.9. The normalized spacial score (nSPS) is 12.6. The second-order valence-electron chi connectivity index (χ2n) is 12.1. The van der Waals surface area contributed by atoms with E-state index in [-0.39, 0.29) is 10.8 Å². The molecule has 0 saturated heterocycles. The van der Waals surface area contributed by atoms with Gasteiger partial charge in [-0.15, -0.1) is 0 Å². The second kappa shape index (κ2) is 8.09. The van der Waals surface area contributed by atoms with Gasteiger partial charge in [0, 0.05) is 17.5 Å². The van der Waals surface area contributed by atoms with Crippen molar-refractivity contribution in [3.05, 3.63) is 89.1 Å². The Hall–Kier alpha value is -3.39. The first-order valence-corrected chi connectivity index (χ1v) is 12.6. The maximum absolute atomic E-state index is 4.73. The highest BCUT2D eigenvalue weighted by Crippen LogP contribution is 2.40. The first-order chi connectivity index (χ1) is 16.4. The van der Waals surface area contributed by atoms with Gasteiger partial charge < -0.3 is 4.98 Å². The fourth-order valence-corrected chi connectivity index (χ4v) is 5.02. The number of aromatic nitrogens is 2. The molecule has 0 radical (unpaired) electrons. The number of hydrogen-bond acceptors (Lipinski definition) is 1. The third-order valence-corrected chi connectivity index (χ3v) is 7.11. The molecule has 0 saturated carbocycles. The molecule has 0 aliphatic rings. The molecule has 0 unspecified atom stereocenters. The third-order valence-electron chi connectivity index (χ3n) is 7.11. The predicted molar refractivity (Wildman–Crippen MR) is 151 cm³/mol. The summed E-state index contributed by atoms with van der Waals surface area (Å²) in [6.07, 6.45) is 1.94. The minimum atomic E-state index is 0.0837. The first kappa shape index (κ1) is 23.4. The predicted octanol–water partition coefficient (Wildman–Crippen LogP) is 9.26. The molecule has 3 aromatic carbocycles. The number of aryl methyl sites for hydroxylation is 2. The van der Waals surface area contributed by atoms with Gasteiger partial charge in [0.2, 0.25) is 0 Å². The van der Waals surface area contributed by atoms with E-state index in [1.165, 1.54) is 49.4 Å². The molecule has 2 aromatic heterocycles. The largest absolute Gasteiger partial charge is 0.353 e. The molecule has 5 aromatic rings. The van der Waals surface area contributed by atoms with Gasteiger partial charge in [-0.05, 0) is 92.7 Å². The van der Waals surface area contributed by atoms with Crippen molar-refractivity contribution in [3.8, 4) is 22.6 Å². The van der Waals surface area contributed by atoms with E-state index in [1.807, 2.05) is 6.20 Å². The van der Waals surface area contributed by atoms with Gasteiger partial charge in [-0.1, -0.05) is 77.9 Å². The van der Waals surface area contributed by atoms with Crippen molar-refractivity contribution >= 4 is 21.5 Å². The van der Waals surface area contributed by atoms with Crippen LogP contribution in [0, 0.1) is 13.8 Å². The molecular formula is C33H36N2. The number of hydrogen-bond donors (Lipinski definition) is 1. The molecule has 2 heterocycles. The van der Waals surface area contributed by atoms with Gasteiger partial charge in [-0.2, -0.15) is 0 Å². The summed E-state index contributed by atoms with van der Waals surface area (Å²) in [6, 6.07) is 22.9. The minimum Gasteiger partial charge on any atom is -0.353 e. The van der Waals surface area contributed by atoms with Crippen LogP contribution in [0.15, 0.2) is 66.9 Å². The van der Waals surface area contributed by atoms with Crippen LogP contribution >= 0.6 is 0 Å². The number of benzene rings is 3. The van der Waals surface area contributed by atoms with Gasteiger partial charge >= 0.3 is 0 Å². The van der Waals surface area contributed by atoms with E-state index in [4.69, 9.17) is 4.98 Å². The lowest BCUT2D eigenvalue weighted by molar-refractivity contribution is 0.590. The Balaban J connectivity index is 1.80.